The summed E-state index contributed by atoms with van der Waals surface area (Å²) in [5.74, 6) is 0. The van der Waals surface area contributed by atoms with Crippen molar-refractivity contribution in [3.63, 3.8) is 0 Å². The second kappa shape index (κ2) is 4.82. The lowest BCUT2D eigenvalue weighted by Crippen LogP contribution is -2.42. The standard InChI is InChI=1S/C14H23NOSi/c1-15-13(11-16-17(2,3)4)10-9-12-7-5-6-8-14(12)15/h5-8,13H,9-11H2,1-4H3/t13-/m0/s1. The van der Waals surface area contributed by atoms with E-state index in [0.717, 1.165) is 6.61 Å². The molecule has 1 atom stereocenters. The summed E-state index contributed by atoms with van der Waals surface area (Å²) in [6.45, 7) is 7.64. The first-order valence-corrected chi connectivity index (χ1v) is 9.83. The van der Waals surface area contributed by atoms with Gasteiger partial charge in [-0.3, -0.25) is 0 Å². The fourth-order valence-corrected chi connectivity index (χ4v) is 3.01. The molecule has 2 nitrogen and oxygen atoms in total. The fourth-order valence-electron chi connectivity index (χ4n) is 2.32. The zero-order chi connectivity index (χ0) is 12.5. The lowest BCUT2D eigenvalue weighted by atomic mass is 9.97. The predicted octanol–water partition coefficient (Wildman–Crippen LogP) is 3.29. The number of anilines is 1. The Morgan fingerprint density at radius 3 is 2.71 bits per heavy atom. The molecule has 0 aliphatic carbocycles. The normalized spacial score (nSPS) is 20.2. The van der Waals surface area contributed by atoms with Gasteiger partial charge >= 0.3 is 0 Å². The van der Waals surface area contributed by atoms with Crippen LogP contribution in [0.1, 0.15) is 12.0 Å². The van der Waals surface area contributed by atoms with Gasteiger partial charge in [-0.25, -0.2) is 0 Å². The van der Waals surface area contributed by atoms with Crippen LogP contribution in [0.4, 0.5) is 5.69 Å². The molecule has 0 aromatic heterocycles. The molecule has 0 bridgehead atoms. The molecular weight excluding hydrogens is 226 g/mol. The van der Waals surface area contributed by atoms with Gasteiger partial charge in [-0.2, -0.15) is 0 Å². The van der Waals surface area contributed by atoms with Crippen molar-refractivity contribution in [3.8, 4) is 0 Å². The van der Waals surface area contributed by atoms with Crippen LogP contribution in [-0.2, 0) is 10.8 Å². The summed E-state index contributed by atoms with van der Waals surface area (Å²) in [5.41, 5.74) is 2.85. The number of para-hydroxylation sites is 1. The number of fused-ring (bicyclic) bond motifs is 1. The highest BCUT2D eigenvalue weighted by Gasteiger charge is 2.25. The quantitative estimate of drug-likeness (QED) is 0.762. The first kappa shape index (κ1) is 12.6. The first-order chi connectivity index (χ1) is 7.97. The molecule has 0 fully saturated rings. The van der Waals surface area contributed by atoms with Crippen molar-refractivity contribution in [3.05, 3.63) is 29.8 Å². The SMILES string of the molecule is CN1c2ccccc2CC[C@H]1CO[Si](C)(C)C. The zero-order valence-corrected chi connectivity index (χ0v) is 12.4. The maximum Gasteiger partial charge on any atom is 0.183 e. The van der Waals surface area contributed by atoms with Crippen molar-refractivity contribution >= 4 is 14.0 Å². The van der Waals surface area contributed by atoms with Crippen molar-refractivity contribution in [1.82, 2.24) is 0 Å². The van der Waals surface area contributed by atoms with Crippen LogP contribution in [0.5, 0.6) is 0 Å². The largest absolute Gasteiger partial charge is 0.416 e. The smallest absolute Gasteiger partial charge is 0.183 e. The highest BCUT2D eigenvalue weighted by Crippen LogP contribution is 2.29. The van der Waals surface area contributed by atoms with E-state index in [4.69, 9.17) is 4.43 Å². The van der Waals surface area contributed by atoms with Crippen molar-refractivity contribution < 1.29 is 4.43 Å². The Morgan fingerprint density at radius 1 is 1.29 bits per heavy atom. The maximum atomic E-state index is 6.05. The predicted molar refractivity (Wildman–Crippen MR) is 76.3 cm³/mol. The second-order valence-corrected chi connectivity index (χ2v) is 10.4. The summed E-state index contributed by atoms with van der Waals surface area (Å²) in [7, 11) is 0.802. The van der Waals surface area contributed by atoms with Gasteiger partial charge in [0.1, 0.15) is 0 Å². The molecule has 1 aliphatic rings. The second-order valence-electron chi connectivity index (χ2n) is 5.86. The summed E-state index contributed by atoms with van der Waals surface area (Å²) in [6.07, 6.45) is 2.39. The molecule has 0 N–H and O–H groups in total. The molecule has 1 aromatic rings. The van der Waals surface area contributed by atoms with E-state index in [-0.39, 0.29) is 0 Å². The van der Waals surface area contributed by atoms with Crippen molar-refractivity contribution in [2.75, 3.05) is 18.6 Å². The Bertz CT molecular complexity index is 386. The van der Waals surface area contributed by atoms with E-state index in [1.807, 2.05) is 0 Å². The van der Waals surface area contributed by atoms with E-state index < -0.39 is 8.32 Å². The van der Waals surface area contributed by atoms with E-state index in [1.54, 1.807) is 0 Å². The Hall–Kier alpha value is -0.803. The monoisotopic (exact) mass is 249 g/mol. The molecule has 0 unspecified atom stereocenters. The molecule has 0 amide bonds. The summed E-state index contributed by atoms with van der Waals surface area (Å²) in [4.78, 5) is 2.39. The number of nitrogens with zero attached hydrogens (tertiary/aromatic N) is 1. The Labute approximate surface area is 106 Å². The lowest BCUT2D eigenvalue weighted by molar-refractivity contribution is 0.269. The number of rotatable bonds is 3. The highest BCUT2D eigenvalue weighted by atomic mass is 28.4. The van der Waals surface area contributed by atoms with Crippen LogP contribution < -0.4 is 4.90 Å². The summed E-state index contributed by atoms with van der Waals surface area (Å²) < 4.78 is 6.05. The van der Waals surface area contributed by atoms with Gasteiger partial charge in [0.05, 0.1) is 12.6 Å². The summed E-state index contributed by atoms with van der Waals surface area (Å²) in [5, 5.41) is 0. The molecule has 0 spiro atoms. The van der Waals surface area contributed by atoms with E-state index >= 15 is 0 Å². The molecular formula is C14H23NOSi. The molecule has 1 aliphatic heterocycles. The number of hydrogen-bond acceptors (Lipinski definition) is 2. The van der Waals surface area contributed by atoms with Gasteiger partial charge in [0.25, 0.3) is 0 Å². The molecule has 17 heavy (non-hydrogen) atoms. The molecule has 3 heteroatoms. The van der Waals surface area contributed by atoms with Crippen LogP contribution in [0.3, 0.4) is 0 Å². The molecule has 94 valence electrons. The Morgan fingerprint density at radius 2 is 2.00 bits per heavy atom. The Balaban J connectivity index is 2.05. The van der Waals surface area contributed by atoms with Crippen LogP contribution >= 0.6 is 0 Å². The van der Waals surface area contributed by atoms with Crippen LogP contribution in [-0.4, -0.2) is 28.0 Å². The lowest BCUT2D eigenvalue weighted by Gasteiger charge is -2.37. The van der Waals surface area contributed by atoms with Crippen molar-refractivity contribution in [2.24, 2.45) is 0 Å². The maximum absolute atomic E-state index is 6.05. The van der Waals surface area contributed by atoms with Gasteiger partial charge in [0.2, 0.25) is 0 Å². The van der Waals surface area contributed by atoms with Gasteiger partial charge in [-0.15, -0.1) is 0 Å². The van der Waals surface area contributed by atoms with E-state index in [9.17, 15) is 0 Å². The summed E-state index contributed by atoms with van der Waals surface area (Å²) >= 11 is 0. The van der Waals surface area contributed by atoms with E-state index in [0.29, 0.717) is 6.04 Å². The van der Waals surface area contributed by atoms with Crippen molar-refractivity contribution in [2.45, 2.75) is 38.5 Å². The fraction of sp³-hybridized carbons (Fsp3) is 0.571. The average molecular weight is 249 g/mol. The molecule has 2 rings (SSSR count). The zero-order valence-electron chi connectivity index (χ0n) is 11.4. The van der Waals surface area contributed by atoms with Gasteiger partial charge in [-0.1, -0.05) is 18.2 Å². The first-order valence-electron chi connectivity index (χ1n) is 6.42. The third-order valence-corrected chi connectivity index (χ3v) is 4.41. The van der Waals surface area contributed by atoms with Crippen molar-refractivity contribution in [1.29, 1.82) is 0 Å². The van der Waals surface area contributed by atoms with Gasteiger partial charge in [-0.05, 0) is 44.1 Å². The number of aryl methyl sites for hydroxylation is 1. The Kier molecular flexibility index (Phi) is 3.59. The summed E-state index contributed by atoms with van der Waals surface area (Å²) in [6, 6.07) is 9.25. The number of likely N-dealkylation sites (N-methyl/N-ethyl adjacent to an activating group) is 1. The van der Waals surface area contributed by atoms with Gasteiger partial charge in [0, 0.05) is 12.7 Å². The van der Waals surface area contributed by atoms with E-state index in [2.05, 4.69) is 55.9 Å². The minimum absolute atomic E-state index is 0.539. The van der Waals surface area contributed by atoms with Gasteiger partial charge < -0.3 is 9.33 Å². The van der Waals surface area contributed by atoms with Crippen LogP contribution in [0, 0.1) is 0 Å². The van der Waals surface area contributed by atoms with Crippen LogP contribution in [0.2, 0.25) is 19.6 Å². The van der Waals surface area contributed by atoms with Crippen LogP contribution in [0.15, 0.2) is 24.3 Å². The molecule has 0 radical (unpaired) electrons. The third kappa shape index (κ3) is 3.10. The average Bonchev–Trinajstić information content (AvgIpc) is 2.27. The van der Waals surface area contributed by atoms with Gasteiger partial charge in [0.15, 0.2) is 8.32 Å². The van der Waals surface area contributed by atoms with E-state index in [1.165, 1.54) is 24.1 Å². The number of benzene rings is 1. The minimum atomic E-state index is -1.39. The number of hydrogen-bond donors (Lipinski definition) is 0. The topological polar surface area (TPSA) is 12.5 Å². The molecule has 0 saturated carbocycles. The molecule has 1 heterocycles. The highest BCUT2D eigenvalue weighted by molar-refractivity contribution is 6.69. The van der Waals surface area contributed by atoms with Crippen LogP contribution in [0.25, 0.3) is 0 Å². The molecule has 1 aromatic carbocycles. The molecule has 0 saturated heterocycles. The minimum Gasteiger partial charge on any atom is -0.416 e. The third-order valence-electron chi connectivity index (χ3n) is 3.37.